The van der Waals surface area contributed by atoms with E-state index >= 15 is 0 Å². The Hall–Kier alpha value is -8.80. The first-order valence-corrected chi connectivity index (χ1v) is 21.9. The minimum absolute atomic E-state index is 0.861. The fraction of sp³-hybridized carbons (Fsp3) is 0. The van der Waals surface area contributed by atoms with E-state index in [4.69, 9.17) is 23.2 Å². The Labute approximate surface area is 371 Å². The molecule has 0 amide bonds. The molecular formula is C60H34N2O3. The van der Waals surface area contributed by atoms with Crippen LogP contribution in [-0.2, 0) is 0 Å². The summed E-state index contributed by atoms with van der Waals surface area (Å²) in [4.78, 5) is 10.8. The van der Waals surface area contributed by atoms with Crippen molar-refractivity contribution in [3.8, 4) is 55.9 Å². The SMILES string of the molecule is c1ccc2c(c1)oc1ccc(-c3cc(-c4ccc5oc6ccccc6c5c4)cc(-c4ccc5ccc6ccc(-c7ccc(-c8cccc9c8oc8ccccc89)cc7)nc6c5n4)c3)cc12. The van der Waals surface area contributed by atoms with Crippen LogP contribution in [0.2, 0.25) is 0 Å². The number of hydrogen-bond acceptors (Lipinski definition) is 5. The third-order valence-corrected chi connectivity index (χ3v) is 13.1. The summed E-state index contributed by atoms with van der Waals surface area (Å²) in [6.07, 6.45) is 0. The molecule has 0 spiro atoms. The van der Waals surface area contributed by atoms with Gasteiger partial charge in [0, 0.05) is 59.8 Å². The van der Waals surface area contributed by atoms with Crippen LogP contribution in [0.5, 0.6) is 0 Å². The van der Waals surface area contributed by atoms with Crippen LogP contribution < -0.4 is 0 Å². The molecule has 5 aromatic heterocycles. The van der Waals surface area contributed by atoms with Crippen molar-refractivity contribution in [2.75, 3.05) is 0 Å². The zero-order valence-electron chi connectivity index (χ0n) is 34.7. The van der Waals surface area contributed by atoms with Gasteiger partial charge < -0.3 is 13.3 Å². The van der Waals surface area contributed by atoms with Gasteiger partial charge in [0.25, 0.3) is 0 Å². The first kappa shape index (κ1) is 35.8. The largest absolute Gasteiger partial charge is 0.456 e. The van der Waals surface area contributed by atoms with Crippen molar-refractivity contribution in [3.63, 3.8) is 0 Å². The van der Waals surface area contributed by atoms with Crippen molar-refractivity contribution in [1.29, 1.82) is 0 Å². The fourth-order valence-electron chi connectivity index (χ4n) is 9.80. The Kier molecular flexibility index (Phi) is 7.62. The molecule has 14 rings (SSSR count). The van der Waals surface area contributed by atoms with Crippen molar-refractivity contribution >= 4 is 87.6 Å². The molecule has 0 unspecified atom stereocenters. The van der Waals surface area contributed by atoms with Gasteiger partial charge in [-0.3, -0.25) is 0 Å². The molecule has 5 nitrogen and oxygen atoms in total. The van der Waals surface area contributed by atoms with E-state index in [-0.39, 0.29) is 0 Å². The molecule has 0 aliphatic rings. The minimum Gasteiger partial charge on any atom is -0.456 e. The average Bonchev–Trinajstić information content (AvgIpc) is 4.07. The molecule has 0 saturated heterocycles. The van der Waals surface area contributed by atoms with E-state index in [1.165, 1.54) is 0 Å². The summed E-state index contributed by atoms with van der Waals surface area (Å²) in [6, 6.07) is 72.2. The molecule has 0 N–H and O–H groups in total. The lowest BCUT2D eigenvalue weighted by Crippen LogP contribution is -1.92. The summed E-state index contributed by atoms with van der Waals surface area (Å²) in [5, 5.41) is 8.70. The summed E-state index contributed by atoms with van der Waals surface area (Å²) >= 11 is 0. The lowest BCUT2D eigenvalue weighted by molar-refractivity contribution is 0.668. The summed E-state index contributed by atoms with van der Waals surface area (Å²) in [6.45, 7) is 0. The molecular weight excluding hydrogens is 797 g/mol. The van der Waals surface area contributed by atoms with Gasteiger partial charge in [-0.15, -0.1) is 0 Å². The molecule has 0 aliphatic heterocycles. The second-order valence-corrected chi connectivity index (χ2v) is 16.9. The van der Waals surface area contributed by atoms with Crippen LogP contribution in [0.25, 0.3) is 144 Å². The molecule has 0 saturated carbocycles. The standard InChI is InChI=1S/C60H34N2O3/c1-6-15-55-45(8-1)48-12-7-11-44(60(48)65-55)35-16-18-36(19-17-35)51-26-22-37-20-21-38-23-27-52(62-59(38)58(37)61-51)43-31-41(39-24-28-56-49(33-39)46-9-2-4-13-53(46)63-56)30-42(32-43)40-25-29-57-50(34-40)47-10-3-5-14-54(47)64-57/h1-34H. The number of aromatic nitrogens is 2. The Bertz CT molecular complexity index is 4120. The van der Waals surface area contributed by atoms with Crippen LogP contribution in [0.1, 0.15) is 0 Å². The highest BCUT2D eigenvalue weighted by Crippen LogP contribution is 2.40. The smallest absolute Gasteiger partial charge is 0.143 e. The van der Waals surface area contributed by atoms with Crippen molar-refractivity contribution in [2.24, 2.45) is 0 Å². The lowest BCUT2D eigenvalue weighted by atomic mass is 9.93. The van der Waals surface area contributed by atoms with Gasteiger partial charge >= 0.3 is 0 Å². The highest BCUT2D eigenvalue weighted by atomic mass is 16.3. The molecule has 0 aliphatic carbocycles. The number of rotatable bonds is 5. The maximum atomic E-state index is 6.37. The fourth-order valence-corrected chi connectivity index (χ4v) is 9.80. The summed E-state index contributed by atoms with van der Waals surface area (Å²) < 4.78 is 18.8. The maximum Gasteiger partial charge on any atom is 0.143 e. The van der Waals surface area contributed by atoms with Crippen molar-refractivity contribution in [3.05, 3.63) is 206 Å². The molecule has 0 radical (unpaired) electrons. The van der Waals surface area contributed by atoms with Gasteiger partial charge in [-0.2, -0.15) is 0 Å². The highest BCUT2D eigenvalue weighted by molar-refractivity contribution is 6.11. The molecule has 14 aromatic rings. The molecule has 0 atom stereocenters. The number of para-hydroxylation sites is 4. The molecule has 65 heavy (non-hydrogen) atoms. The zero-order chi connectivity index (χ0) is 42.6. The predicted molar refractivity (Wildman–Crippen MR) is 266 cm³/mol. The van der Waals surface area contributed by atoms with Crippen LogP contribution in [0.4, 0.5) is 0 Å². The Balaban J connectivity index is 0.897. The summed E-state index contributed by atoms with van der Waals surface area (Å²) in [5.74, 6) is 0. The Morgan fingerprint density at radius 1 is 0.262 bits per heavy atom. The van der Waals surface area contributed by atoms with Crippen molar-refractivity contribution in [2.45, 2.75) is 0 Å². The van der Waals surface area contributed by atoms with E-state index in [1.54, 1.807) is 0 Å². The van der Waals surface area contributed by atoms with Gasteiger partial charge in [0.2, 0.25) is 0 Å². The third-order valence-electron chi connectivity index (χ3n) is 13.1. The topological polar surface area (TPSA) is 65.2 Å². The number of hydrogen-bond donors (Lipinski definition) is 0. The van der Waals surface area contributed by atoms with Crippen molar-refractivity contribution < 1.29 is 13.3 Å². The molecule has 0 bridgehead atoms. The normalized spacial score (nSPS) is 12.0. The quantitative estimate of drug-likeness (QED) is 0.162. The van der Waals surface area contributed by atoms with E-state index in [9.17, 15) is 0 Å². The van der Waals surface area contributed by atoms with Crippen LogP contribution >= 0.6 is 0 Å². The number of nitrogens with zero attached hydrogens (tertiary/aromatic N) is 2. The zero-order valence-corrected chi connectivity index (χ0v) is 34.7. The van der Waals surface area contributed by atoms with E-state index < -0.39 is 0 Å². The van der Waals surface area contributed by atoms with Gasteiger partial charge in [-0.05, 0) is 101 Å². The van der Waals surface area contributed by atoms with Gasteiger partial charge in [0.05, 0.1) is 22.4 Å². The first-order valence-electron chi connectivity index (χ1n) is 21.9. The number of pyridine rings is 2. The van der Waals surface area contributed by atoms with E-state index in [0.717, 1.165) is 144 Å². The van der Waals surface area contributed by atoms with E-state index in [2.05, 4.69) is 170 Å². The van der Waals surface area contributed by atoms with Gasteiger partial charge in [0.15, 0.2) is 0 Å². The summed E-state index contributed by atoms with van der Waals surface area (Å²) in [5.41, 5.74) is 17.3. The number of fused-ring (bicyclic) bond motifs is 12. The molecule has 302 valence electrons. The van der Waals surface area contributed by atoms with Crippen LogP contribution in [0.3, 0.4) is 0 Å². The summed E-state index contributed by atoms with van der Waals surface area (Å²) in [7, 11) is 0. The van der Waals surface area contributed by atoms with Crippen LogP contribution in [-0.4, -0.2) is 9.97 Å². The number of furan rings is 3. The maximum absolute atomic E-state index is 6.37. The molecule has 9 aromatic carbocycles. The van der Waals surface area contributed by atoms with Gasteiger partial charge in [-0.25, -0.2) is 9.97 Å². The average molecular weight is 831 g/mol. The van der Waals surface area contributed by atoms with Crippen LogP contribution in [0, 0.1) is 0 Å². The highest BCUT2D eigenvalue weighted by Gasteiger charge is 2.17. The molecule has 0 fully saturated rings. The molecule has 5 heterocycles. The molecule has 5 heteroatoms. The Morgan fingerprint density at radius 3 is 1.28 bits per heavy atom. The van der Waals surface area contributed by atoms with Crippen LogP contribution in [0.15, 0.2) is 220 Å². The van der Waals surface area contributed by atoms with Gasteiger partial charge in [-0.1, -0.05) is 133 Å². The predicted octanol–water partition coefficient (Wildman–Crippen LogP) is 16.8. The third kappa shape index (κ3) is 5.72. The van der Waals surface area contributed by atoms with Crippen molar-refractivity contribution in [1.82, 2.24) is 9.97 Å². The number of benzene rings is 9. The lowest BCUT2D eigenvalue weighted by Gasteiger charge is -2.13. The van der Waals surface area contributed by atoms with Gasteiger partial charge in [0.1, 0.15) is 33.5 Å². The second kappa shape index (κ2) is 13.9. The minimum atomic E-state index is 0.861. The monoisotopic (exact) mass is 830 g/mol. The van der Waals surface area contributed by atoms with E-state index in [1.807, 2.05) is 36.4 Å². The second-order valence-electron chi connectivity index (χ2n) is 16.9. The van der Waals surface area contributed by atoms with E-state index in [0.29, 0.717) is 0 Å². The first-order chi connectivity index (χ1) is 32.1. The Morgan fingerprint density at radius 2 is 0.692 bits per heavy atom.